The summed E-state index contributed by atoms with van der Waals surface area (Å²) in [5.74, 6) is 0. The summed E-state index contributed by atoms with van der Waals surface area (Å²) in [6.07, 6.45) is 4.80. The van der Waals surface area contributed by atoms with Crippen LogP contribution in [0.5, 0.6) is 0 Å². The van der Waals surface area contributed by atoms with Crippen molar-refractivity contribution in [2.24, 2.45) is 0 Å². The second kappa shape index (κ2) is 8.34. The fourth-order valence-corrected chi connectivity index (χ4v) is 6.81. The lowest BCUT2D eigenvalue weighted by atomic mass is 10.2. The minimum Gasteiger partial charge on any atom is -0.266 e. The van der Waals surface area contributed by atoms with Crippen LogP contribution in [0, 0.1) is 0 Å². The summed E-state index contributed by atoms with van der Waals surface area (Å²) in [4.78, 5) is 0.235. The maximum absolute atomic E-state index is 12.9. The van der Waals surface area contributed by atoms with Crippen LogP contribution >= 0.6 is 11.6 Å². The summed E-state index contributed by atoms with van der Waals surface area (Å²) < 4.78 is 54.4. The first-order chi connectivity index (χ1) is 14.3. The summed E-state index contributed by atoms with van der Waals surface area (Å²) >= 11 is 5.86. The Bertz CT molecular complexity index is 1170. The molecule has 0 atom stereocenters. The van der Waals surface area contributed by atoms with Gasteiger partial charge in [-0.3, -0.25) is 4.31 Å². The number of halogens is 1. The molecule has 1 saturated heterocycles. The topological polar surface area (TPSA) is 74.8 Å². The molecule has 0 spiro atoms. The number of rotatable bonds is 5. The van der Waals surface area contributed by atoms with Crippen LogP contribution in [-0.4, -0.2) is 40.8 Å². The number of anilines is 1. The van der Waals surface area contributed by atoms with Crippen LogP contribution in [0.2, 0.25) is 5.02 Å². The van der Waals surface area contributed by atoms with Gasteiger partial charge >= 0.3 is 0 Å². The molecule has 0 bridgehead atoms. The molecule has 9 heteroatoms. The maximum Gasteiger partial charge on any atom is 0.257 e. The maximum atomic E-state index is 12.9. The monoisotopic (exact) mass is 466 g/mol. The van der Waals surface area contributed by atoms with E-state index in [1.165, 1.54) is 26.2 Å². The van der Waals surface area contributed by atoms with Crippen LogP contribution in [0.3, 0.4) is 0 Å². The fourth-order valence-electron chi connectivity index (χ4n) is 3.84. The van der Waals surface area contributed by atoms with Crippen molar-refractivity contribution in [3.8, 4) is 0 Å². The average Bonchev–Trinajstić information content (AvgIpc) is 3.18. The minimum atomic E-state index is -3.69. The van der Waals surface area contributed by atoms with Gasteiger partial charge in [-0.15, -0.1) is 0 Å². The zero-order chi connectivity index (χ0) is 21.4. The van der Waals surface area contributed by atoms with Crippen LogP contribution in [0.1, 0.15) is 30.4 Å². The molecule has 4 rings (SSSR count). The second-order valence-corrected chi connectivity index (χ2v) is 11.6. The molecular weight excluding hydrogens is 444 g/mol. The third-order valence-electron chi connectivity index (χ3n) is 5.47. The lowest BCUT2D eigenvalue weighted by molar-refractivity contribution is 0.346. The Labute approximate surface area is 182 Å². The Kier molecular flexibility index (Phi) is 5.94. The van der Waals surface area contributed by atoms with E-state index in [9.17, 15) is 16.8 Å². The quantitative estimate of drug-likeness (QED) is 0.670. The minimum absolute atomic E-state index is 0.235. The molecule has 2 aliphatic rings. The van der Waals surface area contributed by atoms with Gasteiger partial charge in [-0.25, -0.2) is 16.8 Å². The zero-order valence-corrected chi connectivity index (χ0v) is 18.8. The van der Waals surface area contributed by atoms with Gasteiger partial charge in [0.15, 0.2) is 0 Å². The first-order valence-electron chi connectivity index (χ1n) is 9.87. The molecule has 2 aromatic carbocycles. The highest BCUT2D eigenvalue weighted by Gasteiger charge is 2.31. The summed E-state index contributed by atoms with van der Waals surface area (Å²) in [5, 5.41) is 1.75. The van der Waals surface area contributed by atoms with E-state index in [2.05, 4.69) is 0 Å². The van der Waals surface area contributed by atoms with Crippen LogP contribution < -0.4 is 4.31 Å². The molecule has 0 N–H and O–H groups in total. The molecule has 30 heavy (non-hydrogen) atoms. The van der Waals surface area contributed by atoms with E-state index in [0.717, 1.165) is 30.4 Å². The Morgan fingerprint density at radius 2 is 1.57 bits per heavy atom. The van der Waals surface area contributed by atoms with Gasteiger partial charge in [0.25, 0.3) is 10.0 Å². The summed E-state index contributed by atoms with van der Waals surface area (Å²) in [6, 6.07) is 11.6. The van der Waals surface area contributed by atoms with Crippen molar-refractivity contribution in [3.05, 3.63) is 64.0 Å². The fraction of sp³-hybridized carbons (Fsp3) is 0.333. The molecule has 160 valence electrons. The SMILES string of the molecule is O=S(=O)(/C=C/c1ccc(Cl)cc1)N1CCc2cc(S(=O)(=O)N3CCCCC3)ccc21. The van der Waals surface area contributed by atoms with Gasteiger partial charge < -0.3 is 0 Å². The number of fused-ring (bicyclic) bond motifs is 1. The molecule has 0 aliphatic carbocycles. The van der Waals surface area contributed by atoms with Crippen LogP contribution in [-0.2, 0) is 26.5 Å². The smallest absolute Gasteiger partial charge is 0.257 e. The van der Waals surface area contributed by atoms with Crippen molar-refractivity contribution in [3.63, 3.8) is 0 Å². The van der Waals surface area contributed by atoms with E-state index in [1.54, 1.807) is 36.4 Å². The molecule has 2 aliphatic heterocycles. The van der Waals surface area contributed by atoms with Gasteiger partial charge in [0.1, 0.15) is 0 Å². The first-order valence-corrected chi connectivity index (χ1v) is 13.2. The Morgan fingerprint density at radius 1 is 0.867 bits per heavy atom. The van der Waals surface area contributed by atoms with E-state index in [4.69, 9.17) is 11.6 Å². The first kappa shape index (κ1) is 21.4. The molecule has 0 aromatic heterocycles. The highest BCUT2D eigenvalue weighted by molar-refractivity contribution is 7.95. The molecule has 0 saturated carbocycles. The highest BCUT2D eigenvalue weighted by atomic mass is 35.5. The molecule has 2 aromatic rings. The zero-order valence-electron chi connectivity index (χ0n) is 16.4. The van der Waals surface area contributed by atoms with Gasteiger partial charge in [-0.1, -0.05) is 30.2 Å². The van der Waals surface area contributed by atoms with E-state index in [0.29, 0.717) is 30.2 Å². The lowest BCUT2D eigenvalue weighted by Gasteiger charge is -2.26. The van der Waals surface area contributed by atoms with Crippen molar-refractivity contribution < 1.29 is 16.8 Å². The Morgan fingerprint density at radius 3 is 2.27 bits per heavy atom. The van der Waals surface area contributed by atoms with E-state index < -0.39 is 20.0 Å². The van der Waals surface area contributed by atoms with Crippen LogP contribution in [0.4, 0.5) is 5.69 Å². The Hall–Kier alpha value is -1.87. The highest BCUT2D eigenvalue weighted by Crippen LogP contribution is 2.34. The van der Waals surface area contributed by atoms with Crippen molar-refractivity contribution in [2.75, 3.05) is 23.9 Å². The largest absolute Gasteiger partial charge is 0.266 e. The number of benzene rings is 2. The normalized spacial score (nSPS) is 18.1. The number of sulfonamides is 2. The molecule has 6 nitrogen and oxygen atoms in total. The van der Waals surface area contributed by atoms with E-state index >= 15 is 0 Å². The summed E-state index contributed by atoms with van der Waals surface area (Å²) in [6.45, 7) is 1.36. The molecule has 2 heterocycles. The number of piperidine rings is 1. The van der Waals surface area contributed by atoms with Crippen molar-refractivity contribution in [1.82, 2.24) is 4.31 Å². The predicted molar refractivity (Wildman–Crippen MR) is 120 cm³/mol. The van der Waals surface area contributed by atoms with Crippen LogP contribution in [0.15, 0.2) is 52.8 Å². The Balaban J connectivity index is 1.58. The molecule has 1 fully saturated rings. The average molecular weight is 467 g/mol. The van der Waals surface area contributed by atoms with E-state index in [1.807, 2.05) is 0 Å². The molecule has 0 amide bonds. The van der Waals surface area contributed by atoms with Gasteiger partial charge in [0.2, 0.25) is 10.0 Å². The molecular formula is C21H23ClN2O4S2. The predicted octanol–water partition coefficient (Wildman–Crippen LogP) is 3.88. The standard InChI is InChI=1S/C21H23ClN2O4S2/c22-19-6-4-17(5-7-19)11-15-29(25,26)24-14-10-18-16-20(8-9-21(18)24)30(27,28)23-12-2-1-3-13-23/h4-9,11,15-16H,1-3,10,12-14H2/b15-11+. The van der Waals surface area contributed by atoms with Gasteiger partial charge in [0, 0.05) is 24.7 Å². The summed E-state index contributed by atoms with van der Waals surface area (Å²) in [7, 11) is -7.24. The van der Waals surface area contributed by atoms with E-state index in [-0.39, 0.29) is 11.4 Å². The lowest BCUT2D eigenvalue weighted by Crippen LogP contribution is -2.35. The van der Waals surface area contributed by atoms with Crippen molar-refractivity contribution in [2.45, 2.75) is 30.6 Å². The van der Waals surface area contributed by atoms with Gasteiger partial charge in [0.05, 0.1) is 16.0 Å². The van der Waals surface area contributed by atoms with Crippen molar-refractivity contribution in [1.29, 1.82) is 0 Å². The van der Waals surface area contributed by atoms with Crippen molar-refractivity contribution >= 4 is 43.4 Å². The number of hydrogen-bond acceptors (Lipinski definition) is 4. The number of nitrogens with zero attached hydrogens (tertiary/aromatic N) is 2. The third kappa shape index (κ3) is 4.27. The second-order valence-electron chi connectivity index (χ2n) is 7.48. The summed E-state index contributed by atoms with van der Waals surface area (Å²) in [5.41, 5.74) is 2.00. The van der Waals surface area contributed by atoms with Gasteiger partial charge in [-0.05, 0) is 66.8 Å². The third-order valence-corrected chi connectivity index (χ3v) is 9.09. The van der Waals surface area contributed by atoms with Crippen LogP contribution in [0.25, 0.3) is 6.08 Å². The molecule has 0 unspecified atom stereocenters. The number of hydrogen-bond donors (Lipinski definition) is 0. The van der Waals surface area contributed by atoms with Gasteiger partial charge in [-0.2, -0.15) is 4.31 Å². The molecule has 0 radical (unpaired) electrons.